The van der Waals surface area contributed by atoms with E-state index in [0.29, 0.717) is 18.4 Å². The van der Waals surface area contributed by atoms with Crippen LogP contribution < -0.4 is 16.4 Å². The van der Waals surface area contributed by atoms with Gasteiger partial charge in [0.25, 0.3) is 0 Å². The van der Waals surface area contributed by atoms with Gasteiger partial charge in [-0.2, -0.15) is 0 Å². The number of guanidine groups is 1. The Morgan fingerprint density at radius 1 is 1.24 bits per heavy atom. The Bertz CT molecular complexity index is 571. The lowest BCUT2D eigenvalue weighted by atomic mass is 9.97. The normalized spacial score (nSPS) is 17.3. The summed E-state index contributed by atoms with van der Waals surface area (Å²) >= 11 is 0. The number of anilines is 1. The zero-order chi connectivity index (χ0) is 18.3. The van der Waals surface area contributed by atoms with Crippen molar-refractivity contribution < 1.29 is 4.79 Å². The molecule has 1 amide bonds. The summed E-state index contributed by atoms with van der Waals surface area (Å²) in [6, 6.07) is 9.81. The third kappa shape index (κ3) is 7.56. The van der Waals surface area contributed by atoms with Gasteiger partial charge in [0.2, 0.25) is 5.91 Å². The van der Waals surface area contributed by atoms with Gasteiger partial charge in [-0.1, -0.05) is 18.2 Å². The molecule has 1 aliphatic heterocycles. The highest BCUT2D eigenvalue weighted by atomic mass is 16.2. The van der Waals surface area contributed by atoms with Gasteiger partial charge in [-0.25, -0.2) is 0 Å². The minimum atomic E-state index is -0.173. The second kappa shape index (κ2) is 8.85. The van der Waals surface area contributed by atoms with Crippen molar-refractivity contribution in [2.75, 3.05) is 31.5 Å². The number of aliphatic imine (C=N–C) groups is 1. The van der Waals surface area contributed by atoms with Crippen molar-refractivity contribution in [2.24, 2.45) is 16.6 Å². The summed E-state index contributed by atoms with van der Waals surface area (Å²) in [5, 5.41) is 6.12. The molecule has 6 nitrogen and oxygen atoms in total. The number of hydrogen-bond acceptors (Lipinski definition) is 3. The summed E-state index contributed by atoms with van der Waals surface area (Å²) in [4.78, 5) is 18.7. The Kier molecular flexibility index (Phi) is 6.82. The van der Waals surface area contributed by atoms with E-state index in [9.17, 15) is 4.79 Å². The van der Waals surface area contributed by atoms with Crippen molar-refractivity contribution in [3.63, 3.8) is 0 Å². The van der Waals surface area contributed by atoms with E-state index in [-0.39, 0.29) is 11.4 Å². The van der Waals surface area contributed by atoms with E-state index in [1.165, 1.54) is 0 Å². The van der Waals surface area contributed by atoms with Gasteiger partial charge in [-0.15, -0.1) is 0 Å². The SMILES string of the molecule is CC(C)(C)NC(=O)CN1CCC(CN=C(N)Nc2ccccc2)CC1. The molecule has 1 saturated heterocycles. The minimum Gasteiger partial charge on any atom is -0.370 e. The number of piperidine rings is 1. The van der Waals surface area contributed by atoms with Gasteiger partial charge in [-0.3, -0.25) is 14.7 Å². The molecule has 4 N–H and O–H groups in total. The Balaban J connectivity index is 1.69. The molecule has 2 rings (SSSR count). The molecule has 0 atom stereocenters. The van der Waals surface area contributed by atoms with Crippen LogP contribution in [0.2, 0.25) is 0 Å². The molecule has 1 fully saturated rings. The van der Waals surface area contributed by atoms with Crippen LogP contribution >= 0.6 is 0 Å². The highest BCUT2D eigenvalue weighted by Gasteiger charge is 2.22. The first kappa shape index (κ1) is 19.2. The Labute approximate surface area is 150 Å². The highest BCUT2D eigenvalue weighted by molar-refractivity contribution is 5.92. The molecule has 0 spiro atoms. The maximum absolute atomic E-state index is 12.0. The van der Waals surface area contributed by atoms with E-state index in [4.69, 9.17) is 5.73 Å². The van der Waals surface area contributed by atoms with Crippen molar-refractivity contribution in [1.82, 2.24) is 10.2 Å². The van der Waals surface area contributed by atoms with Crippen LogP contribution in [0.4, 0.5) is 5.69 Å². The monoisotopic (exact) mass is 345 g/mol. The molecule has 6 heteroatoms. The number of likely N-dealkylation sites (tertiary alicyclic amines) is 1. The lowest BCUT2D eigenvalue weighted by Gasteiger charge is -2.31. The maximum Gasteiger partial charge on any atom is 0.234 e. The fourth-order valence-electron chi connectivity index (χ4n) is 2.92. The van der Waals surface area contributed by atoms with Crippen molar-refractivity contribution in [3.8, 4) is 0 Å². The summed E-state index contributed by atoms with van der Waals surface area (Å²) in [6.45, 7) is 9.08. The van der Waals surface area contributed by atoms with Gasteiger partial charge in [-0.05, 0) is 64.8 Å². The number of benzene rings is 1. The number of rotatable bonds is 5. The molecule has 25 heavy (non-hydrogen) atoms. The number of hydrogen-bond donors (Lipinski definition) is 3. The van der Waals surface area contributed by atoms with Crippen LogP contribution in [0.25, 0.3) is 0 Å². The van der Waals surface area contributed by atoms with Crippen molar-refractivity contribution in [2.45, 2.75) is 39.2 Å². The van der Waals surface area contributed by atoms with Gasteiger partial charge in [0.15, 0.2) is 5.96 Å². The summed E-state index contributed by atoms with van der Waals surface area (Å²) in [6.07, 6.45) is 2.09. The molecule has 1 heterocycles. The molecule has 0 aromatic heterocycles. The Hall–Kier alpha value is -2.08. The summed E-state index contributed by atoms with van der Waals surface area (Å²) < 4.78 is 0. The summed E-state index contributed by atoms with van der Waals surface area (Å²) in [5.74, 6) is 1.08. The molecule has 0 unspecified atom stereocenters. The topological polar surface area (TPSA) is 82.8 Å². The van der Waals surface area contributed by atoms with Crippen molar-refractivity contribution in [3.05, 3.63) is 30.3 Å². The quantitative estimate of drug-likeness (QED) is 0.563. The average Bonchev–Trinajstić information content (AvgIpc) is 2.53. The van der Waals surface area contributed by atoms with Crippen LogP contribution in [0.5, 0.6) is 0 Å². The van der Waals surface area contributed by atoms with E-state index >= 15 is 0 Å². The van der Waals surface area contributed by atoms with Gasteiger partial charge in [0.1, 0.15) is 0 Å². The van der Waals surface area contributed by atoms with Crippen LogP contribution in [0, 0.1) is 5.92 Å². The molecule has 1 aromatic rings. The van der Waals surface area contributed by atoms with Crippen LogP contribution in [0.15, 0.2) is 35.3 Å². The van der Waals surface area contributed by atoms with Gasteiger partial charge in [0.05, 0.1) is 6.54 Å². The van der Waals surface area contributed by atoms with Crippen molar-refractivity contribution >= 4 is 17.6 Å². The fourth-order valence-corrected chi connectivity index (χ4v) is 2.92. The summed E-state index contributed by atoms with van der Waals surface area (Å²) in [5.41, 5.74) is 6.72. The Morgan fingerprint density at radius 3 is 2.48 bits per heavy atom. The fraction of sp³-hybridized carbons (Fsp3) is 0.579. The van der Waals surface area contributed by atoms with Gasteiger partial charge < -0.3 is 16.4 Å². The predicted molar refractivity (Wildman–Crippen MR) is 104 cm³/mol. The lowest BCUT2D eigenvalue weighted by Crippen LogP contribution is -2.47. The smallest absolute Gasteiger partial charge is 0.234 e. The molecular formula is C19H31N5O. The maximum atomic E-state index is 12.0. The highest BCUT2D eigenvalue weighted by Crippen LogP contribution is 2.17. The lowest BCUT2D eigenvalue weighted by molar-refractivity contribution is -0.124. The van der Waals surface area contributed by atoms with E-state index in [1.54, 1.807) is 0 Å². The Morgan fingerprint density at radius 2 is 1.88 bits per heavy atom. The number of carbonyl (C=O) groups is 1. The standard InChI is InChI=1S/C19H31N5O/c1-19(2,3)23-17(25)14-24-11-9-15(10-12-24)13-21-18(20)22-16-7-5-4-6-8-16/h4-8,15H,9-14H2,1-3H3,(H,23,25)(H3,20,21,22). The number of nitrogens with zero attached hydrogens (tertiary/aromatic N) is 2. The molecule has 1 aromatic carbocycles. The molecule has 0 bridgehead atoms. The number of nitrogens with one attached hydrogen (secondary N) is 2. The van der Waals surface area contributed by atoms with Crippen LogP contribution in [-0.4, -0.2) is 48.5 Å². The third-order valence-corrected chi connectivity index (χ3v) is 4.15. The second-order valence-corrected chi connectivity index (χ2v) is 7.73. The van der Waals surface area contributed by atoms with E-state index in [2.05, 4.69) is 20.5 Å². The zero-order valence-electron chi connectivity index (χ0n) is 15.6. The molecule has 0 saturated carbocycles. The van der Waals surface area contributed by atoms with E-state index < -0.39 is 0 Å². The zero-order valence-corrected chi connectivity index (χ0v) is 15.6. The third-order valence-electron chi connectivity index (χ3n) is 4.15. The first-order chi connectivity index (χ1) is 11.8. The number of carbonyl (C=O) groups excluding carboxylic acids is 1. The van der Waals surface area contributed by atoms with Gasteiger partial charge >= 0.3 is 0 Å². The first-order valence-corrected chi connectivity index (χ1v) is 8.97. The number of nitrogens with two attached hydrogens (primary N) is 1. The minimum absolute atomic E-state index is 0.0975. The van der Waals surface area contributed by atoms with Crippen molar-refractivity contribution in [1.29, 1.82) is 0 Å². The average molecular weight is 345 g/mol. The molecule has 0 radical (unpaired) electrons. The first-order valence-electron chi connectivity index (χ1n) is 8.97. The van der Waals surface area contributed by atoms with Gasteiger partial charge in [0, 0.05) is 17.8 Å². The molecular weight excluding hydrogens is 314 g/mol. The molecule has 0 aliphatic carbocycles. The van der Waals surface area contributed by atoms with Crippen LogP contribution in [-0.2, 0) is 4.79 Å². The largest absolute Gasteiger partial charge is 0.370 e. The summed E-state index contributed by atoms with van der Waals surface area (Å²) in [7, 11) is 0. The second-order valence-electron chi connectivity index (χ2n) is 7.73. The number of amides is 1. The molecule has 1 aliphatic rings. The van der Waals surface area contributed by atoms with E-state index in [1.807, 2.05) is 51.1 Å². The van der Waals surface area contributed by atoms with E-state index in [0.717, 1.165) is 38.2 Å². The van der Waals surface area contributed by atoms with Crippen LogP contribution in [0.3, 0.4) is 0 Å². The van der Waals surface area contributed by atoms with Crippen LogP contribution in [0.1, 0.15) is 33.6 Å². The number of para-hydroxylation sites is 1. The molecule has 138 valence electrons. The predicted octanol–water partition coefficient (Wildman–Crippen LogP) is 2.04.